The minimum absolute atomic E-state index is 0.0646. The van der Waals surface area contributed by atoms with Crippen LogP contribution < -0.4 is 5.32 Å². The summed E-state index contributed by atoms with van der Waals surface area (Å²) in [6.07, 6.45) is 0. The van der Waals surface area contributed by atoms with Crippen molar-refractivity contribution in [2.45, 2.75) is 13.8 Å². The molecule has 0 spiro atoms. The van der Waals surface area contributed by atoms with Crippen LogP contribution >= 0.6 is 22.7 Å². The van der Waals surface area contributed by atoms with Crippen LogP contribution in [0.25, 0.3) is 20.8 Å². The van der Waals surface area contributed by atoms with Gasteiger partial charge in [0, 0.05) is 27.1 Å². The second kappa shape index (κ2) is 8.73. The first-order valence-electron chi connectivity index (χ1n) is 10.5. The summed E-state index contributed by atoms with van der Waals surface area (Å²) in [4.78, 5) is 31.6. The van der Waals surface area contributed by atoms with Crippen molar-refractivity contribution in [1.29, 1.82) is 0 Å². The van der Waals surface area contributed by atoms with Gasteiger partial charge in [-0.15, -0.1) is 22.7 Å². The van der Waals surface area contributed by atoms with Gasteiger partial charge in [-0.1, -0.05) is 54.6 Å². The molecule has 3 aromatic carbocycles. The third kappa shape index (κ3) is 4.11. The van der Waals surface area contributed by atoms with Crippen molar-refractivity contribution in [2.24, 2.45) is 0 Å². The number of para-hydroxylation sites is 1. The van der Waals surface area contributed by atoms with E-state index >= 15 is 0 Å². The maximum Gasteiger partial charge on any atom is 0.256 e. The van der Waals surface area contributed by atoms with Crippen LogP contribution in [0.4, 0.5) is 5.00 Å². The van der Waals surface area contributed by atoms with Crippen molar-refractivity contribution in [1.82, 2.24) is 4.98 Å². The predicted molar refractivity (Wildman–Crippen MR) is 137 cm³/mol. The van der Waals surface area contributed by atoms with Gasteiger partial charge in [0.25, 0.3) is 5.91 Å². The van der Waals surface area contributed by atoms with Crippen LogP contribution in [-0.4, -0.2) is 16.7 Å². The zero-order valence-corrected chi connectivity index (χ0v) is 19.7. The van der Waals surface area contributed by atoms with Gasteiger partial charge in [0.2, 0.25) is 0 Å². The lowest BCUT2D eigenvalue weighted by Gasteiger charge is -2.07. The molecule has 1 amide bonds. The van der Waals surface area contributed by atoms with E-state index in [1.54, 1.807) is 59.1 Å². The van der Waals surface area contributed by atoms with Crippen molar-refractivity contribution < 1.29 is 9.59 Å². The number of nitrogens with one attached hydrogen (secondary N) is 1. The molecule has 0 atom stereocenters. The Labute approximate surface area is 199 Å². The molecule has 5 aromatic rings. The van der Waals surface area contributed by atoms with Crippen LogP contribution in [-0.2, 0) is 0 Å². The van der Waals surface area contributed by atoms with Gasteiger partial charge < -0.3 is 5.32 Å². The van der Waals surface area contributed by atoms with E-state index in [0.29, 0.717) is 16.7 Å². The number of fused-ring (bicyclic) bond motifs is 1. The molecule has 0 aliphatic rings. The molecule has 2 heterocycles. The van der Waals surface area contributed by atoms with Crippen molar-refractivity contribution >= 4 is 49.6 Å². The maximum absolute atomic E-state index is 13.0. The first-order chi connectivity index (χ1) is 16.0. The fraction of sp³-hybridized carbons (Fsp3) is 0.0741. The zero-order chi connectivity index (χ0) is 22.9. The topological polar surface area (TPSA) is 59.1 Å². The highest BCUT2D eigenvalue weighted by Gasteiger charge is 2.20. The molecule has 4 nitrogen and oxygen atoms in total. The van der Waals surface area contributed by atoms with Gasteiger partial charge in [-0.05, 0) is 43.7 Å². The number of nitrogens with zero attached hydrogens (tertiary/aromatic N) is 1. The van der Waals surface area contributed by atoms with Crippen LogP contribution in [0.15, 0.2) is 78.9 Å². The molecule has 1 N–H and O–H groups in total. The van der Waals surface area contributed by atoms with Gasteiger partial charge in [-0.25, -0.2) is 4.98 Å². The van der Waals surface area contributed by atoms with Crippen molar-refractivity contribution in [3.05, 3.63) is 106 Å². The van der Waals surface area contributed by atoms with E-state index in [4.69, 9.17) is 4.98 Å². The first kappa shape index (κ1) is 21.2. The lowest BCUT2D eigenvalue weighted by molar-refractivity contribution is 0.102. The number of benzene rings is 3. The summed E-state index contributed by atoms with van der Waals surface area (Å²) in [5.74, 6) is -0.275. The van der Waals surface area contributed by atoms with E-state index < -0.39 is 0 Å². The molecule has 2 aromatic heterocycles. The summed E-state index contributed by atoms with van der Waals surface area (Å²) in [5.41, 5.74) is 4.73. The third-order valence-electron chi connectivity index (χ3n) is 5.57. The number of rotatable bonds is 5. The largest absolute Gasteiger partial charge is 0.313 e. The quantitative estimate of drug-likeness (QED) is 0.279. The number of aromatic nitrogens is 1. The minimum atomic E-state index is -0.211. The van der Waals surface area contributed by atoms with Gasteiger partial charge in [0.1, 0.15) is 10.0 Å². The number of hydrogen-bond donors (Lipinski definition) is 1. The Kier molecular flexibility index (Phi) is 5.62. The number of thiophene rings is 1. The smallest absolute Gasteiger partial charge is 0.256 e. The first-order valence-corrected chi connectivity index (χ1v) is 12.1. The number of carbonyl (C=O) groups is 2. The van der Waals surface area contributed by atoms with Crippen molar-refractivity contribution in [2.75, 3.05) is 5.32 Å². The van der Waals surface area contributed by atoms with E-state index in [1.807, 2.05) is 36.4 Å². The van der Waals surface area contributed by atoms with Crippen molar-refractivity contribution in [3.63, 3.8) is 0 Å². The number of anilines is 1. The predicted octanol–water partition coefficient (Wildman–Crippen LogP) is 7.12. The summed E-state index contributed by atoms with van der Waals surface area (Å²) in [6, 6.07) is 23.9. The van der Waals surface area contributed by atoms with Crippen LogP contribution in [0.1, 0.15) is 36.7 Å². The molecule has 0 aliphatic heterocycles. The second-order valence-corrected chi connectivity index (χ2v) is 9.96. The van der Waals surface area contributed by atoms with E-state index in [2.05, 4.69) is 25.2 Å². The molecule has 33 heavy (non-hydrogen) atoms. The number of carbonyl (C=O) groups excluding carboxylic acids is 2. The molecule has 6 heteroatoms. The van der Waals surface area contributed by atoms with Gasteiger partial charge in [0.15, 0.2) is 5.78 Å². The molecule has 0 fully saturated rings. The van der Waals surface area contributed by atoms with Crippen LogP contribution in [0, 0.1) is 13.8 Å². The molecule has 0 unspecified atom stereocenters. The van der Waals surface area contributed by atoms with E-state index in [0.717, 1.165) is 36.2 Å². The van der Waals surface area contributed by atoms with Crippen LogP contribution in [0.5, 0.6) is 0 Å². The Morgan fingerprint density at radius 3 is 2.12 bits per heavy atom. The molecule has 0 saturated carbocycles. The average Bonchev–Trinajstić information content (AvgIpc) is 3.39. The normalized spacial score (nSPS) is 11.0. The SMILES string of the molecule is Cc1sc(NC(=O)c2ccc(C(=O)c3ccccc3)cc2)c(-c2nc3ccccc3s2)c1C. The lowest BCUT2D eigenvalue weighted by atomic mass is 10.0. The summed E-state index contributed by atoms with van der Waals surface area (Å²) in [6.45, 7) is 4.11. The highest BCUT2D eigenvalue weighted by atomic mass is 32.1. The fourth-order valence-electron chi connectivity index (χ4n) is 3.66. The van der Waals surface area contributed by atoms with E-state index in [9.17, 15) is 9.59 Å². The van der Waals surface area contributed by atoms with Gasteiger partial charge >= 0.3 is 0 Å². The molecule has 162 valence electrons. The second-order valence-electron chi connectivity index (χ2n) is 7.70. The Hall–Kier alpha value is -3.61. The standard InChI is InChI=1S/C27H20N2O2S2/c1-16-17(2)32-27(23(16)26-28-21-10-6-7-11-22(21)33-26)29-25(31)20-14-12-19(13-15-20)24(30)18-8-4-3-5-9-18/h3-15H,1-2H3,(H,29,31). The molecule has 0 aliphatic carbocycles. The number of thiazole rings is 1. The number of ketones is 1. The number of aryl methyl sites for hydroxylation is 1. The van der Waals surface area contributed by atoms with E-state index in [-0.39, 0.29) is 11.7 Å². The molecule has 0 saturated heterocycles. The fourth-order valence-corrected chi connectivity index (χ4v) is 5.85. The number of amides is 1. The average molecular weight is 469 g/mol. The summed E-state index contributed by atoms with van der Waals surface area (Å²) in [7, 11) is 0. The Morgan fingerprint density at radius 1 is 0.758 bits per heavy atom. The monoisotopic (exact) mass is 468 g/mol. The third-order valence-corrected chi connectivity index (χ3v) is 7.74. The Morgan fingerprint density at radius 2 is 1.39 bits per heavy atom. The lowest BCUT2D eigenvalue weighted by Crippen LogP contribution is -2.12. The van der Waals surface area contributed by atoms with Gasteiger partial charge in [0.05, 0.1) is 10.2 Å². The molecule has 0 bridgehead atoms. The zero-order valence-electron chi connectivity index (χ0n) is 18.1. The highest BCUT2D eigenvalue weighted by molar-refractivity contribution is 7.22. The van der Waals surface area contributed by atoms with Crippen LogP contribution in [0.3, 0.4) is 0 Å². The molecular weight excluding hydrogens is 448 g/mol. The number of hydrogen-bond acceptors (Lipinski definition) is 5. The molecule has 0 radical (unpaired) electrons. The minimum Gasteiger partial charge on any atom is -0.313 e. The Bertz CT molecular complexity index is 1450. The Balaban J connectivity index is 1.41. The highest BCUT2D eigenvalue weighted by Crippen LogP contribution is 2.43. The molecule has 5 rings (SSSR count). The van der Waals surface area contributed by atoms with Gasteiger partial charge in [-0.2, -0.15) is 0 Å². The summed E-state index contributed by atoms with van der Waals surface area (Å²) < 4.78 is 1.12. The summed E-state index contributed by atoms with van der Waals surface area (Å²) in [5, 5.41) is 4.76. The summed E-state index contributed by atoms with van der Waals surface area (Å²) >= 11 is 3.18. The maximum atomic E-state index is 13.0. The van der Waals surface area contributed by atoms with Gasteiger partial charge in [-0.3, -0.25) is 9.59 Å². The molecular formula is C27H20N2O2S2. The van der Waals surface area contributed by atoms with Crippen LogP contribution in [0.2, 0.25) is 0 Å². The van der Waals surface area contributed by atoms with Crippen molar-refractivity contribution in [3.8, 4) is 10.6 Å². The van der Waals surface area contributed by atoms with E-state index in [1.165, 1.54) is 0 Å².